The van der Waals surface area contributed by atoms with E-state index in [2.05, 4.69) is 12.2 Å². The third kappa shape index (κ3) is 3.01. The minimum absolute atomic E-state index is 0.125. The summed E-state index contributed by atoms with van der Waals surface area (Å²) >= 11 is 0. The first-order chi connectivity index (χ1) is 8.30. The molecule has 2 fully saturated rings. The lowest BCUT2D eigenvalue weighted by Crippen LogP contribution is -2.57. The lowest BCUT2D eigenvalue weighted by molar-refractivity contribution is 0.141. The van der Waals surface area contributed by atoms with Crippen molar-refractivity contribution < 1.29 is 4.74 Å². The zero-order valence-electron chi connectivity index (χ0n) is 11.2. The number of rotatable bonds is 7. The first kappa shape index (κ1) is 13.3. The Balaban J connectivity index is 1.81. The van der Waals surface area contributed by atoms with Gasteiger partial charge in [-0.15, -0.1) is 0 Å². The Labute approximate surface area is 105 Å². The van der Waals surface area contributed by atoms with Crippen LogP contribution in [0.2, 0.25) is 0 Å². The molecule has 2 atom stereocenters. The molecule has 0 aromatic carbocycles. The number of ether oxygens (including phenoxy) is 1. The maximum Gasteiger partial charge on any atom is 0.0513 e. The first-order valence-electron chi connectivity index (χ1n) is 7.33. The molecule has 1 heterocycles. The van der Waals surface area contributed by atoms with Gasteiger partial charge in [0.15, 0.2) is 0 Å². The van der Waals surface area contributed by atoms with E-state index in [1.54, 1.807) is 0 Å². The monoisotopic (exact) mass is 240 g/mol. The van der Waals surface area contributed by atoms with E-state index in [9.17, 15) is 0 Å². The largest absolute Gasteiger partial charge is 0.381 e. The molecule has 0 spiro atoms. The molecule has 0 aromatic heterocycles. The normalized spacial score (nSPS) is 28.9. The van der Waals surface area contributed by atoms with Gasteiger partial charge in [0, 0.05) is 24.6 Å². The first-order valence-corrected chi connectivity index (χ1v) is 7.33. The smallest absolute Gasteiger partial charge is 0.0513 e. The fraction of sp³-hybridized carbons (Fsp3) is 1.00. The third-order valence-corrected chi connectivity index (χ3v) is 4.96. The van der Waals surface area contributed by atoms with Gasteiger partial charge >= 0.3 is 0 Å². The molecule has 17 heavy (non-hydrogen) atoms. The van der Waals surface area contributed by atoms with Gasteiger partial charge in [0.1, 0.15) is 0 Å². The molecule has 3 heteroatoms. The standard InChI is InChI=1S/C14H28N2O/c1-2-14(11-15,13-7-9-17-10-13)16-8-6-12-4-3-5-12/h12-13,16H,2-11,15H2,1H3. The predicted octanol–water partition coefficient (Wildman–Crippen LogP) is 1.91. The molecule has 0 amide bonds. The van der Waals surface area contributed by atoms with Crippen LogP contribution in [0.4, 0.5) is 0 Å². The summed E-state index contributed by atoms with van der Waals surface area (Å²) < 4.78 is 5.53. The quantitative estimate of drug-likeness (QED) is 0.714. The summed E-state index contributed by atoms with van der Waals surface area (Å²) in [5.74, 6) is 1.59. The van der Waals surface area contributed by atoms with E-state index in [1.807, 2.05) is 0 Å². The predicted molar refractivity (Wildman–Crippen MR) is 71.0 cm³/mol. The van der Waals surface area contributed by atoms with Crippen molar-refractivity contribution in [3.05, 3.63) is 0 Å². The van der Waals surface area contributed by atoms with E-state index in [1.165, 1.54) is 32.1 Å². The molecule has 1 aliphatic carbocycles. The van der Waals surface area contributed by atoms with Crippen LogP contribution in [0.5, 0.6) is 0 Å². The lowest BCUT2D eigenvalue weighted by Gasteiger charge is -2.39. The summed E-state index contributed by atoms with van der Waals surface area (Å²) in [5, 5.41) is 3.77. The van der Waals surface area contributed by atoms with Crippen LogP contribution in [0, 0.1) is 11.8 Å². The fourth-order valence-corrected chi connectivity index (χ4v) is 3.22. The maximum absolute atomic E-state index is 6.04. The van der Waals surface area contributed by atoms with Gasteiger partial charge < -0.3 is 15.8 Å². The Hall–Kier alpha value is -0.120. The molecule has 1 saturated heterocycles. The van der Waals surface area contributed by atoms with Crippen molar-refractivity contribution >= 4 is 0 Å². The van der Waals surface area contributed by atoms with E-state index >= 15 is 0 Å². The number of nitrogens with one attached hydrogen (secondary N) is 1. The van der Waals surface area contributed by atoms with Crippen molar-refractivity contribution in [1.82, 2.24) is 5.32 Å². The average Bonchev–Trinajstić information content (AvgIpc) is 2.82. The second kappa shape index (κ2) is 6.17. The summed E-state index contributed by atoms with van der Waals surface area (Å²) in [5.41, 5.74) is 6.17. The van der Waals surface area contributed by atoms with Crippen LogP contribution >= 0.6 is 0 Å². The van der Waals surface area contributed by atoms with E-state index < -0.39 is 0 Å². The molecule has 1 saturated carbocycles. The highest BCUT2D eigenvalue weighted by atomic mass is 16.5. The van der Waals surface area contributed by atoms with Gasteiger partial charge in [-0.05, 0) is 31.7 Å². The van der Waals surface area contributed by atoms with Crippen molar-refractivity contribution in [1.29, 1.82) is 0 Å². The molecular formula is C14H28N2O. The summed E-state index contributed by atoms with van der Waals surface area (Å²) in [6.07, 6.45) is 7.93. The zero-order valence-corrected chi connectivity index (χ0v) is 11.2. The number of hydrogen-bond donors (Lipinski definition) is 2. The highest BCUT2D eigenvalue weighted by molar-refractivity contribution is 4.96. The van der Waals surface area contributed by atoms with Crippen LogP contribution in [-0.2, 0) is 4.74 Å². The Kier molecular flexibility index (Phi) is 4.83. The van der Waals surface area contributed by atoms with Crippen LogP contribution in [0.3, 0.4) is 0 Å². The molecule has 2 unspecified atom stereocenters. The van der Waals surface area contributed by atoms with E-state index in [0.29, 0.717) is 5.92 Å². The molecule has 3 nitrogen and oxygen atoms in total. The minimum atomic E-state index is 0.125. The van der Waals surface area contributed by atoms with Crippen LogP contribution in [-0.4, -0.2) is 31.8 Å². The Morgan fingerprint density at radius 2 is 2.18 bits per heavy atom. The Morgan fingerprint density at radius 3 is 2.65 bits per heavy atom. The second-order valence-electron chi connectivity index (χ2n) is 5.79. The Morgan fingerprint density at radius 1 is 1.35 bits per heavy atom. The van der Waals surface area contributed by atoms with E-state index in [4.69, 9.17) is 10.5 Å². The minimum Gasteiger partial charge on any atom is -0.381 e. The summed E-state index contributed by atoms with van der Waals surface area (Å²) in [6.45, 7) is 5.92. The van der Waals surface area contributed by atoms with E-state index in [-0.39, 0.29) is 5.54 Å². The number of nitrogens with two attached hydrogens (primary N) is 1. The van der Waals surface area contributed by atoms with Gasteiger partial charge in [-0.1, -0.05) is 26.2 Å². The maximum atomic E-state index is 6.04. The van der Waals surface area contributed by atoms with Gasteiger partial charge in [0.05, 0.1) is 6.61 Å². The SMILES string of the molecule is CCC(CN)(NCCC1CCC1)C1CCOC1. The lowest BCUT2D eigenvalue weighted by atomic mass is 9.79. The second-order valence-corrected chi connectivity index (χ2v) is 5.79. The molecule has 0 radical (unpaired) electrons. The van der Waals surface area contributed by atoms with Crippen LogP contribution in [0.1, 0.15) is 45.4 Å². The zero-order chi connectivity index (χ0) is 12.1. The topological polar surface area (TPSA) is 47.3 Å². The molecule has 1 aliphatic heterocycles. The van der Waals surface area contributed by atoms with Crippen molar-refractivity contribution in [2.75, 3.05) is 26.3 Å². The van der Waals surface area contributed by atoms with Gasteiger partial charge in [-0.3, -0.25) is 0 Å². The molecule has 0 bridgehead atoms. The molecule has 3 N–H and O–H groups in total. The van der Waals surface area contributed by atoms with Gasteiger partial charge in [0.2, 0.25) is 0 Å². The van der Waals surface area contributed by atoms with Gasteiger partial charge in [-0.25, -0.2) is 0 Å². The molecule has 2 rings (SSSR count). The van der Waals surface area contributed by atoms with E-state index in [0.717, 1.165) is 38.6 Å². The van der Waals surface area contributed by atoms with Crippen molar-refractivity contribution in [2.45, 2.75) is 51.0 Å². The van der Waals surface area contributed by atoms with Gasteiger partial charge in [-0.2, -0.15) is 0 Å². The van der Waals surface area contributed by atoms with Crippen LogP contribution < -0.4 is 11.1 Å². The summed E-state index contributed by atoms with van der Waals surface area (Å²) in [6, 6.07) is 0. The summed E-state index contributed by atoms with van der Waals surface area (Å²) in [7, 11) is 0. The molecular weight excluding hydrogens is 212 g/mol. The van der Waals surface area contributed by atoms with Crippen molar-refractivity contribution in [3.8, 4) is 0 Å². The van der Waals surface area contributed by atoms with Crippen LogP contribution in [0.15, 0.2) is 0 Å². The van der Waals surface area contributed by atoms with Gasteiger partial charge in [0.25, 0.3) is 0 Å². The molecule has 100 valence electrons. The van der Waals surface area contributed by atoms with Crippen molar-refractivity contribution in [3.63, 3.8) is 0 Å². The van der Waals surface area contributed by atoms with Crippen LogP contribution in [0.25, 0.3) is 0 Å². The molecule has 0 aromatic rings. The molecule has 2 aliphatic rings. The number of hydrogen-bond acceptors (Lipinski definition) is 3. The fourth-order valence-electron chi connectivity index (χ4n) is 3.22. The average molecular weight is 240 g/mol. The summed E-state index contributed by atoms with van der Waals surface area (Å²) in [4.78, 5) is 0. The Bertz CT molecular complexity index is 218. The highest BCUT2D eigenvalue weighted by Crippen LogP contribution is 2.31. The third-order valence-electron chi connectivity index (χ3n) is 4.96. The van der Waals surface area contributed by atoms with Crippen molar-refractivity contribution in [2.24, 2.45) is 17.6 Å². The highest BCUT2D eigenvalue weighted by Gasteiger charge is 2.37.